The average Bonchev–Trinajstić information content (AvgIpc) is 2.38. The summed E-state index contributed by atoms with van der Waals surface area (Å²) in [5.74, 6) is -1.47. The molecule has 0 aromatic heterocycles. The van der Waals surface area contributed by atoms with Crippen LogP contribution in [-0.2, 0) is 6.54 Å². The lowest BCUT2D eigenvalue weighted by Crippen LogP contribution is -2.05. The van der Waals surface area contributed by atoms with Gasteiger partial charge in [0.25, 0.3) is 5.69 Å². The van der Waals surface area contributed by atoms with E-state index in [1.165, 1.54) is 6.07 Å². The van der Waals surface area contributed by atoms with Crippen LogP contribution in [0.5, 0.6) is 0 Å². The van der Waals surface area contributed by atoms with Crippen molar-refractivity contribution < 1.29 is 13.7 Å². The summed E-state index contributed by atoms with van der Waals surface area (Å²) in [4.78, 5) is 10.4. The zero-order valence-electron chi connectivity index (χ0n) is 11.0. The van der Waals surface area contributed by atoms with Crippen LogP contribution in [-0.4, -0.2) is 4.92 Å². The van der Waals surface area contributed by atoms with E-state index >= 15 is 0 Å². The van der Waals surface area contributed by atoms with Gasteiger partial charge in [0.2, 0.25) is 0 Å². The monoisotopic (exact) mass is 356 g/mol. The van der Waals surface area contributed by atoms with Gasteiger partial charge in [0.1, 0.15) is 17.3 Å². The highest BCUT2D eigenvalue weighted by Gasteiger charge is 2.13. The van der Waals surface area contributed by atoms with E-state index in [4.69, 9.17) is 0 Å². The summed E-state index contributed by atoms with van der Waals surface area (Å²) in [6, 6.07) is 6.94. The molecular weight excluding hydrogens is 346 g/mol. The van der Waals surface area contributed by atoms with E-state index in [-0.39, 0.29) is 17.9 Å². The SMILES string of the molecule is Cc1ccc(CNc2c(F)cc(Br)cc2F)cc1[N+](=O)[O-]. The molecule has 0 fully saturated rings. The number of halogens is 3. The molecule has 110 valence electrons. The van der Waals surface area contributed by atoms with Crippen LogP contribution >= 0.6 is 15.9 Å². The standard InChI is InChI=1S/C14H11BrF2N2O2/c1-8-2-3-9(4-13(8)19(20)21)7-18-14-11(16)5-10(15)6-12(14)17/h2-6,18H,7H2,1H3. The number of rotatable bonds is 4. The van der Waals surface area contributed by atoms with Gasteiger partial charge in [-0.25, -0.2) is 8.78 Å². The van der Waals surface area contributed by atoms with Crippen LogP contribution in [0, 0.1) is 28.7 Å². The Bertz CT molecular complexity index is 684. The Morgan fingerprint density at radius 3 is 2.43 bits per heavy atom. The molecule has 1 N–H and O–H groups in total. The number of hydrogen-bond donors (Lipinski definition) is 1. The number of nitrogens with zero attached hydrogens (tertiary/aromatic N) is 1. The summed E-state index contributed by atoms with van der Waals surface area (Å²) < 4.78 is 27.6. The van der Waals surface area contributed by atoms with Crippen molar-refractivity contribution in [1.29, 1.82) is 0 Å². The lowest BCUT2D eigenvalue weighted by molar-refractivity contribution is -0.385. The Balaban J connectivity index is 2.21. The highest BCUT2D eigenvalue weighted by Crippen LogP contribution is 2.25. The molecular formula is C14H11BrF2N2O2. The molecule has 0 saturated heterocycles. The molecule has 0 bridgehead atoms. The van der Waals surface area contributed by atoms with Gasteiger partial charge < -0.3 is 5.32 Å². The highest BCUT2D eigenvalue weighted by molar-refractivity contribution is 9.10. The van der Waals surface area contributed by atoms with E-state index in [2.05, 4.69) is 21.2 Å². The summed E-state index contributed by atoms with van der Waals surface area (Å²) in [6.07, 6.45) is 0. The molecule has 0 spiro atoms. The third-order valence-corrected chi connectivity index (χ3v) is 3.40. The quantitative estimate of drug-likeness (QED) is 0.645. The van der Waals surface area contributed by atoms with Crippen LogP contribution < -0.4 is 5.32 Å². The predicted octanol–water partition coefficient (Wildman–Crippen LogP) is 4.56. The van der Waals surface area contributed by atoms with E-state index in [1.54, 1.807) is 19.1 Å². The normalized spacial score (nSPS) is 10.5. The Labute approximate surface area is 128 Å². The predicted molar refractivity (Wildman–Crippen MR) is 79.2 cm³/mol. The van der Waals surface area contributed by atoms with Crippen molar-refractivity contribution in [2.45, 2.75) is 13.5 Å². The van der Waals surface area contributed by atoms with Crippen molar-refractivity contribution in [2.24, 2.45) is 0 Å². The van der Waals surface area contributed by atoms with Gasteiger partial charge in [0.15, 0.2) is 0 Å². The summed E-state index contributed by atoms with van der Waals surface area (Å²) in [6.45, 7) is 1.71. The maximum Gasteiger partial charge on any atom is 0.272 e. The molecule has 0 amide bonds. The molecule has 0 heterocycles. The summed E-state index contributed by atoms with van der Waals surface area (Å²) in [7, 11) is 0. The minimum Gasteiger partial charge on any atom is -0.376 e. The smallest absolute Gasteiger partial charge is 0.272 e. The van der Waals surface area contributed by atoms with E-state index in [9.17, 15) is 18.9 Å². The van der Waals surface area contributed by atoms with Gasteiger partial charge in [0, 0.05) is 22.6 Å². The van der Waals surface area contributed by atoms with Gasteiger partial charge >= 0.3 is 0 Å². The van der Waals surface area contributed by atoms with Gasteiger partial charge in [-0.1, -0.05) is 28.1 Å². The van der Waals surface area contributed by atoms with Crippen molar-refractivity contribution >= 4 is 27.3 Å². The zero-order valence-corrected chi connectivity index (χ0v) is 12.6. The fourth-order valence-electron chi connectivity index (χ4n) is 1.86. The van der Waals surface area contributed by atoms with Crippen molar-refractivity contribution in [3.63, 3.8) is 0 Å². The van der Waals surface area contributed by atoms with E-state index < -0.39 is 16.6 Å². The number of aryl methyl sites for hydroxylation is 1. The van der Waals surface area contributed by atoms with Crippen LogP contribution in [0.1, 0.15) is 11.1 Å². The van der Waals surface area contributed by atoms with Crippen molar-refractivity contribution in [3.8, 4) is 0 Å². The number of benzene rings is 2. The molecule has 21 heavy (non-hydrogen) atoms. The maximum absolute atomic E-state index is 13.6. The molecule has 2 rings (SSSR count). The molecule has 4 nitrogen and oxygen atoms in total. The first kappa shape index (κ1) is 15.4. The molecule has 0 atom stereocenters. The topological polar surface area (TPSA) is 55.2 Å². The number of nitrogens with one attached hydrogen (secondary N) is 1. The summed E-state index contributed by atoms with van der Waals surface area (Å²) in [5, 5.41) is 13.5. The van der Waals surface area contributed by atoms with Crippen LogP contribution in [0.4, 0.5) is 20.2 Å². The molecule has 0 radical (unpaired) electrons. The van der Waals surface area contributed by atoms with Crippen molar-refractivity contribution in [1.82, 2.24) is 0 Å². The lowest BCUT2D eigenvalue weighted by Gasteiger charge is -2.10. The fraction of sp³-hybridized carbons (Fsp3) is 0.143. The molecule has 7 heteroatoms. The summed E-state index contributed by atoms with van der Waals surface area (Å²) >= 11 is 2.99. The maximum atomic E-state index is 13.6. The van der Waals surface area contributed by atoms with Crippen LogP contribution in [0.15, 0.2) is 34.8 Å². The van der Waals surface area contributed by atoms with Gasteiger partial charge in [-0.05, 0) is 24.6 Å². The van der Waals surface area contributed by atoms with Gasteiger partial charge in [-0.3, -0.25) is 10.1 Å². The molecule has 0 aliphatic carbocycles. The average molecular weight is 357 g/mol. The zero-order chi connectivity index (χ0) is 15.6. The lowest BCUT2D eigenvalue weighted by atomic mass is 10.1. The molecule has 0 aliphatic heterocycles. The van der Waals surface area contributed by atoms with Crippen molar-refractivity contribution in [2.75, 3.05) is 5.32 Å². The van der Waals surface area contributed by atoms with E-state index in [0.717, 1.165) is 12.1 Å². The second-order valence-corrected chi connectivity index (χ2v) is 5.39. The highest BCUT2D eigenvalue weighted by atomic mass is 79.9. The van der Waals surface area contributed by atoms with E-state index in [0.29, 0.717) is 15.6 Å². The number of nitro benzene ring substituents is 1. The second-order valence-electron chi connectivity index (χ2n) is 4.48. The molecule has 0 unspecified atom stereocenters. The van der Waals surface area contributed by atoms with Crippen LogP contribution in [0.25, 0.3) is 0 Å². The minimum atomic E-state index is -0.733. The number of anilines is 1. The molecule has 2 aromatic rings. The van der Waals surface area contributed by atoms with Gasteiger partial charge in [0.05, 0.1) is 4.92 Å². The Hall–Kier alpha value is -2.02. The number of hydrogen-bond acceptors (Lipinski definition) is 3. The first-order valence-electron chi connectivity index (χ1n) is 6.01. The van der Waals surface area contributed by atoms with Gasteiger partial charge in [-0.15, -0.1) is 0 Å². The van der Waals surface area contributed by atoms with Gasteiger partial charge in [-0.2, -0.15) is 0 Å². The first-order valence-corrected chi connectivity index (χ1v) is 6.80. The first-order chi connectivity index (χ1) is 9.88. The molecule has 0 saturated carbocycles. The minimum absolute atomic E-state index is 0.0222. The second kappa shape index (κ2) is 6.17. The Morgan fingerprint density at radius 2 is 1.86 bits per heavy atom. The van der Waals surface area contributed by atoms with Crippen LogP contribution in [0.2, 0.25) is 0 Å². The Kier molecular flexibility index (Phi) is 4.52. The third kappa shape index (κ3) is 3.55. The third-order valence-electron chi connectivity index (χ3n) is 2.95. The largest absolute Gasteiger partial charge is 0.376 e. The van der Waals surface area contributed by atoms with Crippen molar-refractivity contribution in [3.05, 3.63) is 67.7 Å². The summed E-state index contributed by atoms with van der Waals surface area (Å²) in [5.41, 5.74) is 0.811. The molecule has 0 aliphatic rings. The fourth-order valence-corrected chi connectivity index (χ4v) is 2.27. The number of nitro groups is 1. The van der Waals surface area contributed by atoms with Crippen LogP contribution in [0.3, 0.4) is 0 Å². The Morgan fingerprint density at radius 1 is 1.24 bits per heavy atom. The van der Waals surface area contributed by atoms with E-state index in [1.807, 2.05) is 0 Å². The molecule has 2 aromatic carbocycles.